The predicted molar refractivity (Wildman–Crippen MR) is 85.8 cm³/mol. The van der Waals surface area contributed by atoms with Crippen LogP contribution in [0.4, 0.5) is 5.69 Å². The Morgan fingerprint density at radius 2 is 2.05 bits per heavy atom. The number of benzene rings is 1. The summed E-state index contributed by atoms with van der Waals surface area (Å²) in [4.78, 5) is 26.1. The summed E-state index contributed by atoms with van der Waals surface area (Å²) in [6.45, 7) is 4.64. The number of amides is 1. The Balaban J connectivity index is 1.89. The fraction of sp³-hybridized carbons (Fsp3) is 0.235. The van der Waals surface area contributed by atoms with Crippen molar-refractivity contribution in [2.24, 2.45) is 0 Å². The van der Waals surface area contributed by atoms with Crippen molar-refractivity contribution < 1.29 is 4.79 Å². The number of nitrogens with zero attached hydrogens (tertiary/aromatic N) is 3. The Kier molecular flexibility index (Phi) is 2.76. The Bertz CT molecular complexity index is 869. The van der Waals surface area contributed by atoms with E-state index in [9.17, 15) is 4.79 Å². The minimum Gasteiger partial charge on any atom is -0.338 e. The summed E-state index contributed by atoms with van der Waals surface area (Å²) in [5.74, 6) is 0.898. The first kappa shape index (κ1) is 13.0. The largest absolute Gasteiger partial charge is 0.338 e. The van der Waals surface area contributed by atoms with Gasteiger partial charge in [-0.1, -0.05) is 0 Å². The Labute approximate surface area is 128 Å². The Morgan fingerprint density at radius 3 is 2.77 bits per heavy atom. The highest BCUT2D eigenvalue weighted by Gasteiger charge is 2.33. The van der Waals surface area contributed by atoms with E-state index < -0.39 is 0 Å². The van der Waals surface area contributed by atoms with E-state index in [1.807, 2.05) is 36.9 Å². The number of rotatable bonds is 2. The molecule has 0 saturated carbocycles. The number of hydrogen-bond donors (Lipinski definition) is 1. The van der Waals surface area contributed by atoms with Crippen LogP contribution < -0.4 is 4.90 Å². The number of nitrogens with one attached hydrogen (secondary N) is 1. The molecule has 2 aromatic heterocycles. The third-order valence-corrected chi connectivity index (χ3v) is 4.29. The average Bonchev–Trinajstić information content (AvgIpc) is 3.06. The highest BCUT2D eigenvalue weighted by atomic mass is 16.2. The van der Waals surface area contributed by atoms with Gasteiger partial charge in [0.15, 0.2) is 0 Å². The summed E-state index contributed by atoms with van der Waals surface area (Å²) >= 11 is 0. The van der Waals surface area contributed by atoms with E-state index in [4.69, 9.17) is 0 Å². The number of carbonyl (C=O) groups excluding carboxylic acids is 1. The number of anilines is 1. The minimum atomic E-state index is -0.0907. The molecule has 1 amide bonds. The molecule has 0 aliphatic carbocycles. The van der Waals surface area contributed by atoms with Crippen LogP contribution in [0.2, 0.25) is 0 Å². The molecule has 3 aromatic rings. The highest BCUT2D eigenvalue weighted by Crippen LogP contribution is 2.39. The molecule has 0 bridgehead atoms. The van der Waals surface area contributed by atoms with E-state index in [2.05, 4.69) is 21.0 Å². The average molecular weight is 292 g/mol. The monoisotopic (exact) mass is 292 g/mol. The van der Waals surface area contributed by atoms with Gasteiger partial charge in [0.2, 0.25) is 5.91 Å². The van der Waals surface area contributed by atoms with Gasteiger partial charge in [-0.2, -0.15) is 0 Å². The molecule has 1 atom stereocenters. The van der Waals surface area contributed by atoms with Crippen LogP contribution in [0.5, 0.6) is 0 Å². The van der Waals surface area contributed by atoms with Crippen LogP contribution in [0.15, 0.2) is 36.7 Å². The fourth-order valence-electron chi connectivity index (χ4n) is 3.10. The molecule has 1 aromatic carbocycles. The maximum Gasteiger partial charge on any atom is 0.234 e. The minimum absolute atomic E-state index is 0.0907. The second-order valence-electron chi connectivity index (χ2n) is 5.55. The molecule has 22 heavy (non-hydrogen) atoms. The molecule has 1 aliphatic rings. The summed E-state index contributed by atoms with van der Waals surface area (Å²) in [7, 11) is 0. The van der Waals surface area contributed by atoms with Crippen LogP contribution in [-0.2, 0) is 4.79 Å². The Morgan fingerprint density at radius 1 is 1.27 bits per heavy atom. The lowest BCUT2D eigenvalue weighted by molar-refractivity contribution is -0.118. The van der Waals surface area contributed by atoms with Gasteiger partial charge in [0, 0.05) is 30.2 Å². The first-order chi connectivity index (χ1) is 10.7. The third-order valence-electron chi connectivity index (χ3n) is 4.29. The number of hydrogen-bond acceptors (Lipinski definition) is 3. The number of H-pyrrole nitrogens is 1. The second kappa shape index (κ2) is 4.66. The van der Waals surface area contributed by atoms with Gasteiger partial charge in [-0.3, -0.25) is 9.78 Å². The molecule has 4 rings (SSSR count). The summed E-state index contributed by atoms with van der Waals surface area (Å²) in [6, 6.07) is 7.92. The number of aromatic nitrogens is 3. The number of fused-ring (bicyclic) bond motifs is 2. The van der Waals surface area contributed by atoms with E-state index in [-0.39, 0.29) is 11.8 Å². The zero-order chi connectivity index (χ0) is 15.3. The Hall–Kier alpha value is -2.69. The van der Waals surface area contributed by atoms with E-state index in [0.29, 0.717) is 6.54 Å². The summed E-state index contributed by atoms with van der Waals surface area (Å²) in [6.07, 6.45) is 3.50. The van der Waals surface area contributed by atoms with Gasteiger partial charge in [-0.25, -0.2) is 4.98 Å². The number of pyridine rings is 1. The summed E-state index contributed by atoms with van der Waals surface area (Å²) < 4.78 is 0. The molecule has 0 radical (unpaired) electrons. The molecular formula is C17H16N4O. The van der Waals surface area contributed by atoms with Gasteiger partial charge in [-0.15, -0.1) is 0 Å². The summed E-state index contributed by atoms with van der Waals surface area (Å²) in [5, 5.41) is 0. The van der Waals surface area contributed by atoms with Crippen LogP contribution in [0.3, 0.4) is 0 Å². The van der Waals surface area contributed by atoms with Gasteiger partial charge in [-0.05, 0) is 43.7 Å². The van der Waals surface area contributed by atoms with Crippen LogP contribution in [0.25, 0.3) is 22.4 Å². The predicted octanol–water partition coefficient (Wildman–Crippen LogP) is 3.09. The molecule has 1 unspecified atom stereocenters. The van der Waals surface area contributed by atoms with Gasteiger partial charge >= 0.3 is 0 Å². The summed E-state index contributed by atoms with van der Waals surface area (Å²) in [5.41, 5.74) is 4.90. The lowest BCUT2D eigenvalue weighted by Crippen LogP contribution is -2.27. The van der Waals surface area contributed by atoms with Crippen molar-refractivity contribution in [3.63, 3.8) is 0 Å². The van der Waals surface area contributed by atoms with Crippen molar-refractivity contribution in [1.82, 2.24) is 15.0 Å². The van der Waals surface area contributed by atoms with E-state index in [0.717, 1.165) is 33.7 Å². The molecule has 5 nitrogen and oxygen atoms in total. The molecule has 3 heterocycles. The van der Waals surface area contributed by atoms with E-state index >= 15 is 0 Å². The maximum absolute atomic E-state index is 12.3. The molecule has 5 heteroatoms. The van der Waals surface area contributed by atoms with E-state index in [1.54, 1.807) is 12.4 Å². The maximum atomic E-state index is 12.3. The molecular weight excluding hydrogens is 276 g/mol. The zero-order valence-corrected chi connectivity index (χ0v) is 12.5. The van der Waals surface area contributed by atoms with Gasteiger partial charge in [0.25, 0.3) is 0 Å². The zero-order valence-electron chi connectivity index (χ0n) is 12.5. The quantitative estimate of drug-likeness (QED) is 0.789. The van der Waals surface area contributed by atoms with Crippen LogP contribution >= 0.6 is 0 Å². The lowest BCUT2D eigenvalue weighted by Gasteiger charge is -2.14. The van der Waals surface area contributed by atoms with Crippen molar-refractivity contribution in [3.8, 4) is 11.4 Å². The first-order valence-corrected chi connectivity index (χ1v) is 7.44. The highest BCUT2D eigenvalue weighted by molar-refractivity contribution is 6.06. The number of imidazole rings is 1. The third kappa shape index (κ3) is 1.75. The van der Waals surface area contributed by atoms with Crippen LogP contribution in [-0.4, -0.2) is 27.4 Å². The van der Waals surface area contributed by atoms with Gasteiger partial charge < -0.3 is 9.88 Å². The molecule has 110 valence electrons. The van der Waals surface area contributed by atoms with Crippen molar-refractivity contribution in [2.75, 3.05) is 11.4 Å². The van der Waals surface area contributed by atoms with Crippen molar-refractivity contribution in [3.05, 3.63) is 42.2 Å². The number of aromatic amines is 1. The second-order valence-corrected chi connectivity index (χ2v) is 5.55. The smallest absolute Gasteiger partial charge is 0.234 e. The molecule has 0 saturated heterocycles. The standard InChI is InChI=1S/C17H16N4O/c1-3-21-15-9-14-13(8-12(15)10(2)17(21)22)19-16(20-14)11-4-6-18-7-5-11/h4-10H,3H2,1-2H3,(H,19,20). The van der Waals surface area contributed by atoms with Gasteiger partial charge in [0.1, 0.15) is 5.82 Å². The van der Waals surface area contributed by atoms with Crippen LogP contribution in [0, 0.1) is 0 Å². The normalized spacial score (nSPS) is 17.3. The molecule has 0 spiro atoms. The van der Waals surface area contributed by atoms with Crippen molar-refractivity contribution >= 4 is 22.6 Å². The topological polar surface area (TPSA) is 61.9 Å². The molecule has 1 aliphatic heterocycles. The van der Waals surface area contributed by atoms with Crippen molar-refractivity contribution in [2.45, 2.75) is 19.8 Å². The van der Waals surface area contributed by atoms with Crippen LogP contribution in [0.1, 0.15) is 25.3 Å². The SMILES string of the molecule is CCN1C(=O)C(C)c2cc3[nH]c(-c4ccncc4)nc3cc21. The van der Waals surface area contributed by atoms with Crippen molar-refractivity contribution in [1.29, 1.82) is 0 Å². The van der Waals surface area contributed by atoms with Gasteiger partial charge in [0.05, 0.1) is 17.0 Å². The fourth-order valence-corrected chi connectivity index (χ4v) is 3.10. The molecule has 1 N–H and O–H groups in total. The number of likely N-dealkylation sites (N-methyl/N-ethyl adjacent to an activating group) is 1. The lowest BCUT2D eigenvalue weighted by atomic mass is 10.0. The first-order valence-electron chi connectivity index (χ1n) is 7.44. The molecule has 0 fully saturated rings. The number of carbonyl (C=O) groups is 1. The van der Waals surface area contributed by atoms with E-state index in [1.165, 1.54) is 0 Å².